The van der Waals surface area contributed by atoms with Crippen molar-refractivity contribution in [2.45, 2.75) is 45.4 Å². The molecule has 2 aromatic carbocycles. The van der Waals surface area contributed by atoms with Gasteiger partial charge in [-0.2, -0.15) is 0 Å². The summed E-state index contributed by atoms with van der Waals surface area (Å²) >= 11 is 0. The van der Waals surface area contributed by atoms with Gasteiger partial charge in [0.2, 0.25) is 0 Å². The Morgan fingerprint density at radius 2 is 2.03 bits per heavy atom. The molecule has 0 bridgehead atoms. The third-order valence-corrected chi connectivity index (χ3v) is 5.96. The first-order valence-electron chi connectivity index (χ1n) is 10.2. The predicted octanol–water partition coefficient (Wildman–Crippen LogP) is 5.19. The Kier molecular flexibility index (Phi) is 5.16. The van der Waals surface area contributed by atoms with Crippen LogP contribution in [0.1, 0.15) is 37.9 Å². The number of fused-ring (bicyclic) bond motifs is 2. The molecule has 2 atom stereocenters. The molecule has 30 heavy (non-hydrogen) atoms. The number of aliphatic hydroxyl groups is 1. The number of aromatic nitrogens is 1. The van der Waals surface area contributed by atoms with Crippen LogP contribution in [0.3, 0.4) is 0 Å². The molecular weight excluding hydrogens is 384 g/mol. The van der Waals surface area contributed by atoms with Crippen LogP contribution < -0.4 is 10.6 Å². The van der Waals surface area contributed by atoms with E-state index >= 15 is 8.78 Å². The summed E-state index contributed by atoms with van der Waals surface area (Å²) in [5.41, 5.74) is 1.93. The number of hydrogen-bond donors (Lipinski definition) is 4. The second kappa shape index (κ2) is 7.52. The lowest BCUT2D eigenvalue weighted by molar-refractivity contribution is 0.0684. The van der Waals surface area contributed by atoms with Crippen LogP contribution >= 0.6 is 0 Å². The van der Waals surface area contributed by atoms with Crippen molar-refractivity contribution in [1.82, 2.24) is 10.3 Å². The Morgan fingerprint density at radius 3 is 2.77 bits per heavy atom. The molecule has 4 rings (SSSR count). The molecule has 2 heterocycles. The van der Waals surface area contributed by atoms with Gasteiger partial charge in [0.05, 0.1) is 28.8 Å². The van der Waals surface area contributed by atoms with Crippen molar-refractivity contribution >= 4 is 16.6 Å². The molecule has 1 aliphatic heterocycles. The van der Waals surface area contributed by atoms with Gasteiger partial charge in [0.1, 0.15) is 11.6 Å². The Balaban J connectivity index is 1.94. The van der Waals surface area contributed by atoms with Gasteiger partial charge in [0, 0.05) is 34.9 Å². The van der Waals surface area contributed by atoms with Crippen LogP contribution in [-0.4, -0.2) is 28.3 Å². The molecule has 3 aromatic rings. The highest BCUT2D eigenvalue weighted by atomic mass is 19.1. The van der Waals surface area contributed by atoms with Crippen LogP contribution in [-0.2, 0) is 0 Å². The summed E-state index contributed by atoms with van der Waals surface area (Å²) in [7, 11) is 0. The van der Waals surface area contributed by atoms with Gasteiger partial charge in [0.15, 0.2) is 0 Å². The van der Waals surface area contributed by atoms with E-state index in [1.165, 1.54) is 6.07 Å². The molecule has 1 aromatic heterocycles. The largest absolute Gasteiger partial charge is 0.389 e. The number of anilines is 1. The molecule has 0 amide bonds. The van der Waals surface area contributed by atoms with Gasteiger partial charge in [-0.25, -0.2) is 8.78 Å². The summed E-state index contributed by atoms with van der Waals surface area (Å²) < 4.78 is 31.2. The van der Waals surface area contributed by atoms with Gasteiger partial charge in [-0.1, -0.05) is 30.4 Å². The van der Waals surface area contributed by atoms with E-state index in [0.717, 1.165) is 10.9 Å². The zero-order valence-corrected chi connectivity index (χ0v) is 17.6. The zero-order valence-electron chi connectivity index (χ0n) is 17.6. The number of aliphatic hydroxyl groups excluding tert-OH is 1. The van der Waals surface area contributed by atoms with Crippen molar-refractivity contribution < 1.29 is 13.9 Å². The summed E-state index contributed by atoms with van der Waals surface area (Å²) in [6, 6.07) is 6.09. The first-order chi connectivity index (χ1) is 14.3. The van der Waals surface area contributed by atoms with Crippen LogP contribution in [0.5, 0.6) is 0 Å². The highest BCUT2D eigenvalue weighted by molar-refractivity contribution is 5.96. The standard InChI is InChI=1S/C24H27F2N3O/c1-5-6-10-27-22-19-17(29-24(3,4)23(22)30)11-16(25)18(20(19)26)15-9-7-8-14-13(2)12-28-21(14)15/h5-9,11-12,22-23,27-30H,10H2,1-4H3/b6-5+/t22-,23+/m0/s1. The molecule has 158 valence electrons. The van der Waals surface area contributed by atoms with Crippen molar-refractivity contribution in [3.05, 3.63) is 65.4 Å². The lowest BCUT2D eigenvalue weighted by atomic mass is 9.81. The number of para-hydroxylation sites is 1. The summed E-state index contributed by atoms with van der Waals surface area (Å²) in [5, 5.41) is 18.2. The fourth-order valence-corrected chi connectivity index (χ4v) is 4.31. The maximum Gasteiger partial charge on any atom is 0.140 e. The Morgan fingerprint density at radius 1 is 1.27 bits per heavy atom. The van der Waals surface area contributed by atoms with Crippen molar-refractivity contribution in [2.75, 3.05) is 11.9 Å². The highest BCUT2D eigenvalue weighted by Gasteiger charge is 2.43. The van der Waals surface area contributed by atoms with Crippen molar-refractivity contribution in [3.63, 3.8) is 0 Å². The molecule has 0 fully saturated rings. The highest BCUT2D eigenvalue weighted by Crippen LogP contribution is 2.44. The molecule has 6 heteroatoms. The first-order valence-corrected chi connectivity index (χ1v) is 10.2. The molecule has 0 saturated heterocycles. The van der Waals surface area contributed by atoms with Gasteiger partial charge in [-0.3, -0.25) is 0 Å². The van der Waals surface area contributed by atoms with Gasteiger partial charge in [-0.15, -0.1) is 0 Å². The quantitative estimate of drug-likeness (QED) is 0.447. The van der Waals surface area contributed by atoms with Crippen molar-refractivity contribution in [1.29, 1.82) is 0 Å². The molecule has 0 radical (unpaired) electrons. The average Bonchev–Trinajstić information content (AvgIpc) is 3.07. The smallest absolute Gasteiger partial charge is 0.140 e. The number of hydrogen-bond acceptors (Lipinski definition) is 3. The average molecular weight is 411 g/mol. The van der Waals surface area contributed by atoms with E-state index in [0.29, 0.717) is 23.3 Å². The third-order valence-electron chi connectivity index (χ3n) is 5.96. The number of halogens is 2. The van der Waals surface area contributed by atoms with Crippen molar-refractivity contribution in [2.24, 2.45) is 0 Å². The van der Waals surface area contributed by atoms with Crippen LogP contribution in [0.4, 0.5) is 14.5 Å². The predicted molar refractivity (Wildman–Crippen MR) is 118 cm³/mol. The first kappa shape index (κ1) is 20.6. The summed E-state index contributed by atoms with van der Waals surface area (Å²) in [6.45, 7) is 7.94. The molecule has 0 aliphatic carbocycles. The number of nitrogens with one attached hydrogen (secondary N) is 3. The Bertz CT molecular complexity index is 1130. The number of aryl methyl sites for hydroxylation is 1. The monoisotopic (exact) mass is 411 g/mol. The van der Waals surface area contributed by atoms with Crippen LogP contribution in [0, 0.1) is 18.6 Å². The maximum absolute atomic E-state index is 16.0. The van der Waals surface area contributed by atoms with E-state index in [-0.39, 0.29) is 11.1 Å². The fraction of sp³-hybridized carbons (Fsp3) is 0.333. The molecular formula is C24H27F2N3O. The number of rotatable bonds is 4. The minimum atomic E-state index is -0.911. The van der Waals surface area contributed by atoms with Crippen LogP contribution in [0.25, 0.3) is 22.0 Å². The van der Waals surface area contributed by atoms with Crippen LogP contribution in [0.15, 0.2) is 42.6 Å². The molecule has 4 nitrogen and oxygen atoms in total. The van der Waals surface area contributed by atoms with E-state index in [9.17, 15) is 5.11 Å². The maximum atomic E-state index is 16.0. The Labute approximate surface area is 175 Å². The molecule has 0 saturated carbocycles. The summed E-state index contributed by atoms with van der Waals surface area (Å²) in [6.07, 6.45) is 4.70. The second-order valence-corrected chi connectivity index (χ2v) is 8.45. The fourth-order valence-electron chi connectivity index (χ4n) is 4.31. The number of allylic oxidation sites excluding steroid dienone is 1. The van der Waals surface area contributed by atoms with Gasteiger partial charge in [0.25, 0.3) is 0 Å². The zero-order chi connectivity index (χ0) is 21.6. The molecule has 0 spiro atoms. The summed E-state index contributed by atoms with van der Waals surface area (Å²) in [4.78, 5) is 3.14. The molecule has 0 unspecified atom stereocenters. The van der Waals surface area contributed by atoms with E-state index in [4.69, 9.17) is 0 Å². The van der Waals surface area contributed by atoms with E-state index in [1.807, 2.05) is 52.1 Å². The Hall–Kier alpha value is -2.70. The van der Waals surface area contributed by atoms with E-state index in [2.05, 4.69) is 15.6 Å². The molecule has 1 aliphatic rings. The normalized spacial score (nSPS) is 20.5. The summed E-state index contributed by atoms with van der Waals surface area (Å²) in [5.74, 6) is -1.30. The SMILES string of the molecule is C/C=C/CN[C@H]1c2c(cc(F)c(-c3cccc4c(C)c[nH]c34)c2F)NC(C)(C)[C@@H]1O. The van der Waals surface area contributed by atoms with E-state index < -0.39 is 29.3 Å². The second-order valence-electron chi connectivity index (χ2n) is 8.45. The van der Waals surface area contributed by atoms with Crippen molar-refractivity contribution in [3.8, 4) is 11.1 Å². The number of aromatic amines is 1. The topological polar surface area (TPSA) is 60.1 Å². The van der Waals surface area contributed by atoms with E-state index in [1.54, 1.807) is 12.1 Å². The number of H-pyrrole nitrogens is 1. The molecule has 4 N–H and O–H groups in total. The minimum Gasteiger partial charge on any atom is -0.389 e. The number of benzene rings is 2. The lowest BCUT2D eigenvalue weighted by Crippen LogP contribution is -2.54. The third kappa shape index (κ3) is 3.20. The van der Waals surface area contributed by atoms with Gasteiger partial charge in [-0.05, 0) is 39.3 Å². The lowest BCUT2D eigenvalue weighted by Gasteiger charge is -2.44. The van der Waals surface area contributed by atoms with Gasteiger partial charge >= 0.3 is 0 Å². The van der Waals surface area contributed by atoms with Gasteiger partial charge < -0.3 is 20.7 Å². The van der Waals surface area contributed by atoms with Crippen LogP contribution in [0.2, 0.25) is 0 Å². The minimum absolute atomic E-state index is 0.0901.